The molecule has 0 saturated heterocycles. The first-order chi connectivity index (χ1) is 8.70. The molecule has 18 heavy (non-hydrogen) atoms. The molecular weight excluding hydrogens is 298 g/mol. The minimum Gasteiger partial charge on any atom is -0.398 e. The predicted molar refractivity (Wildman–Crippen MR) is 72.0 cm³/mol. The Labute approximate surface area is 113 Å². The van der Waals surface area contributed by atoms with Gasteiger partial charge < -0.3 is 15.0 Å². The second-order valence-electron chi connectivity index (χ2n) is 3.84. The highest BCUT2D eigenvalue weighted by atomic mass is 79.9. The van der Waals surface area contributed by atoms with Crippen molar-refractivity contribution in [2.45, 2.75) is 12.8 Å². The van der Waals surface area contributed by atoms with Crippen LogP contribution in [0.5, 0.6) is 0 Å². The largest absolute Gasteiger partial charge is 0.398 e. The van der Waals surface area contributed by atoms with Crippen LogP contribution >= 0.6 is 15.9 Å². The summed E-state index contributed by atoms with van der Waals surface area (Å²) >= 11 is 3.36. The third-order valence-electron chi connectivity index (χ3n) is 2.46. The average Bonchev–Trinajstić information content (AvgIpc) is 2.78. The van der Waals surface area contributed by atoms with Crippen molar-refractivity contribution in [3.63, 3.8) is 0 Å². The van der Waals surface area contributed by atoms with Crippen LogP contribution in [0.1, 0.15) is 12.2 Å². The number of anilines is 1. The van der Waals surface area contributed by atoms with E-state index in [4.69, 9.17) is 15.0 Å². The molecular formula is C12H14BrN3O2. The molecule has 0 radical (unpaired) electrons. The van der Waals surface area contributed by atoms with Crippen molar-refractivity contribution in [3.05, 3.63) is 28.5 Å². The van der Waals surface area contributed by atoms with Crippen LogP contribution in [-0.4, -0.2) is 23.9 Å². The number of nitrogens with two attached hydrogens (primary N) is 1. The number of nitrogen functional groups attached to an aromatic ring is 1. The molecule has 0 aliphatic carbocycles. The molecule has 2 N–H and O–H groups in total. The normalized spacial score (nSPS) is 10.8. The summed E-state index contributed by atoms with van der Waals surface area (Å²) in [6, 6.07) is 5.55. The molecule has 0 unspecified atom stereocenters. The van der Waals surface area contributed by atoms with Gasteiger partial charge in [0.15, 0.2) is 5.82 Å². The van der Waals surface area contributed by atoms with Crippen LogP contribution in [0.15, 0.2) is 27.2 Å². The monoisotopic (exact) mass is 311 g/mol. The topological polar surface area (TPSA) is 74.2 Å². The standard InChI is InChI=1S/C12H14BrN3O2/c1-17-6-2-3-11-15-12(18-16-11)9-5-4-8(13)7-10(9)14/h4-5,7H,2-3,6,14H2,1H3. The van der Waals surface area contributed by atoms with Crippen LogP contribution in [-0.2, 0) is 11.2 Å². The highest BCUT2D eigenvalue weighted by Gasteiger charge is 2.11. The van der Waals surface area contributed by atoms with Crippen molar-refractivity contribution in [1.29, 1.82) is 0 Å². The molecule has 0 saturated carbocycles. The molecule has 2 aromatic rings. The Morgan fingerprint density at radius 1 is 1.44 bits per heavy atom. The lowest BCUT2D eigenvalue weighted by Crippen LogP contribution is -1.94. The van der Waals surface area contributed by atoms with E-state index in [0.29, 0.717) is 24.0 Å². The quantitative estimate of drug-likeness (QED) is 0.678. The molecule has 2 rings (SSSR count). The maximum Gasteiger partial charge on any atom is 0.260 e. The predicted octanol–water partition coefficient (Wildman–Crippen LogP) is 2.66. The van der Waals surface area contributed by atoms with Crippen molar-refractivity contribution >= 4 is 21.6 Å². The average molecular weight is 312 g/mol. The molecule has 0 spiro atoms. The number of benzene rings is 1. The second kappa shape index (κ2) is 5.97. The molecule has 0 aliphatic rings. The molecule has 5 nitrogen and oxygen atoms in total. The highest BCUT2D eigenvalue weighted by Crippen LogP contribution is 2.27. The van der Waals surface area contributed by atoms with Crippen LogP contribution in [0, 0.1) is 0 Å². The molecule has 0 aliphatic heterocycles. The van der Waals surface area contributed by atoms with E-state index in [0.717, 1.165) is 22.9 Å². The van der Waals surface area contributed by atoms with E-state index < -0.39 is 0 Å². The molecule has 96 valence electrons. The summed E-state index contributed by atoms with van der Waals surface area (Å²) in [6.07, 6.45) is 1.60. The molecule has 0 atom stereocenters. The molecule has 0 amide bonds. The Morgan fingerprint density at radius 2 is 2.28 bits per heavy atom. The second-order valence-corrected chi connectivity index (χ2v) is 4.76. The Morgan fingerprint density at radius 3 is 3.00 bits per heavy atom. The van der Waals surface area contributed by atoms with Crippen LogP contribution in [0.2, 0.25) is 0 Å². The van der Waals surface area contributed by atoms with E-state index >= 15 is 0 Å². The first kappa shape index (κ1) is 13.0. The molecule has 6 heteroatoms. The number of rotatable bonds is 5. The fourth-order valence-electron chi connectivity index (χ4n) is 1.57. The van der Waals surface area contributed by atoms with Gasteiger partial charge in [-0.05, 0) is 24.6 Å². The van der Waals surface area contributed by atoms with Crippen LogP contribution in [0.4, 0.5) is 5.69 Å². The Balaban J connectivity index is 2.13. The zero-order valence-electron chi connectivity index (χ0n) is 10.0. The van der Waals surface area contributed by atoms with Crippen molar-refractivity contribution < 1.29 is 9.26 Å². The number of aryl methyl sites for hydroxylation is 1. The summed E-state index contributed by atoms with van der Waals surface area (Å²) in [4.78, 5) is 4.31. The van der Waals surface area contributed by atoms with Gasteiger partial charge in [-0.2, -0.15) is 4.98 Å². The van der Waals surface area contributed by atoms with Crippen molar-refractivity contribution in [2.75, 3.05) is 19.5 Å². The van der Waals surface area contributed by atoms with E-state index in [9.17, 15) is 0 Å². The fourth-order valence-corrected chi connectivity index (χ4v) is 1.95. The Bertz CT molecular complexity index is 528. The van der Waals surface area contributed by atoms with Gasteiger partial charge in [-0.3, -0.25) is 0 Å². The summed E-state index contributed by atoms with van der Waals surface area (Å²) in [5, 5.41) is 3.92. The molecule has 1 heterocycles. The molecule has 1 aromatic carbocycles. The van der Waals surface area contributed by atoms with Crippen LogP contribution in [0.25, 0.3) is 11.5 Å². The van der Waals surface area contributed by atoms with Gasteiger partial charge in [0, 0.05) is 30.3 Å². The summed E-state index contributed by atoms with van der Waals surface area (Å²) in [5.41, 5.74) is 7.27. The lowest BCUT2D eigenvalue weighted by molar-refractivity contribution is 0.194. The van der Waals surface area contributed by atoms with Gasteiger partial charge in [0.05, 0.1) is 5.56 Å². The van der Waals surface area contributed by atoms with Gasteiger partial charge in [0.2, 0.25) is 0 Å². The van der Waals surface area contributed by atoms with E-state index in [1.54, 1.807) is 7.11 Å². The van der Waals surface area contributed by atoms with Crippen molar-refractivity contribution in [2.24, 2.45) is 0 Å². The summed E-state index contributed by atoms with van der Waals surface area (Å²) in [5.74, 6) is 1.12. The third-order valence-corrected chi connectivity index (χ3v) is 2.95. The van der Waals surface area contributed by atoms with Gasteiger partial charge in [-0.1, -0.05) is 21.1 Å². The summed E-state index contributed by atoms with van der Waals surface area (Å²) < 4.78 is 11.1. The fraction of sp³-hybridized carbons (Fsp3) is 0.333. The zero-order valence-corrected chi connectivity index (χ0v) is 11.6. The Kier molecular flexibility index (Phi) is 4.33. The minimum atomic E-state index is 0.451. The van der Waals surface area contributed by atoms with Crippen molar-refractivity contribution in [1.82, 2.24) is 10.1 Å². The zero-order chi connectivity index (χ0) is 13.0. The van der Waals surface area contributed by atoms with Crippen molar-refractivity contribution in [3.8, 4) is 11.5 Å². The van der Waals surface area contributed by atoms with Crippen LogP contribution < -0.4 is 5.73 Å². The molecule has 1 aromatic heterocycles. The first-order valence-corrected chi connectivity index (χ1v) is 6.37. The van der Waals surface area contributed by atoms with Gasteiger partial charge >= 0.3 is 0 Å². The number of hydrogen-bond acceptors (Lipinski definition) is 5. The van der Waals surface area contributed by atoms with Gasteiger partial charge in [0.25, 0.3) is 5.89 Å². The summed E-state index contributed by atoms with van der Waals surface area (Å²) in [6.45, 7) is 0.685. The maximum absolute atomic E-state index is 5.91. The SMILES string of the molecule is COCCCc1noc(-c2ccc(Br)cc2N)n1. The lowest BCUT2D eigenvalue weighted by atomic mass is 10.2. The number of halogens is 1. The Hall–Kier alpha value is -1.40. The van der Waals surface area contributed by atoms with E-state index in [1.165, 1.54) is 0 Å². The summed E-state index contributed by atoms with van der Waals surface area (Å²) in [7, 11) is 1.67. The molecule has 0 bridgehead atoms. The maximum atomic E-state index is 5.91. The first-order valence-electron chi connectivity index (χ1n) is 5.57. The van der Waals surface area contributed by atoms with Gasteiger partial charge in [-0.15, -0.1) is 0 Å². The lowest BCUT2D eigenvalue weighted by Gasteiger charge is -2.00. The third kappa shape index (κ3) is 3.08. The van der Waals surface area contributed by atoms with Gasteiger partial charge in [-0.25, -0.2) is 0 Å². The number of hydrogen-bond donors (Lipinski definition) is 1. The number of nitrogens with zero attached hydrogens (tertiary/aromatic N) is 2. The minimum absolute atomic E-state index is 0.451. The smallest absolute Gasteiger partial charge is 0.260 e. The molecule has 0 fully saturated rings. The number of ether oxygens (including phenoxy) is 1. The van der Waals surface area contributed by atoms with Gasteiger partial charge in [0.1, 0.15) is 0 Å². The number of methoxy groups -OCH3 is 1. The van der Waals surface area contributed by atoms with E-state index in [-0.39, 0.29) is 0 Å². The highest BCUT2D eigenvalue weighted by molar-refractivity contribution is 9.10. The number of aromatic nitrogens is 2. The van der Waals surface area contributed by atoms with E-state index in [2.05, 4.69) is 26.1 Å². The van der Waals surface area contributed by atoms with Crippen LogP contribution in [0.3, 0.4) is 0 Å². The van der Waals surface area contributed by atoms with E-state index in [1.807, 2.05) is 18.2 Å².